The number of aryl methyl sites for hydroxylation is 2. The Morgan fingerprint density at radius 1 is 0.926 bits per heavy atom. The van der Waals surface area contributed by atoms with Gasteiger partial charge in [0.2, 0.25) is 0 Å². The third kappa shape index (κ3) is 3.21. The van der Waals surface area contributed by atoms with E-state index in [1.54, 1.807) is 0 Å². The molecular weight excluding hydrogens is 336 g/mol. The molecule has 2 aromatic carbocycles. The fourth-order valence-corrected chi connectivity index (χ4v) is 4.63. The van der Waals surface area contributed by atoms with E-state index in [0.29, 0.717) is 0 Å². The molecule has 0 atom stereocenters. The first-order valence-corrected chi connectivity index (χ1v) is 9.98. The van der Waals surface area contributed by atoms with Crippen molar-refractivity contribution in [1.82, 2.24) is 15.2 Å². The third-order valence-corrected chi connectivity index (χ3v) is 5.91. The summed E-state index contributed by atoms with van der Waals surface area (Å²) < 4.78 is 5.06. The molecule has 0 spiro atoms. The van der Waals surface area contributed by atoms with Crippen LogP contribution in [0.15, 0.2) is 35.0 Å². The quantitative estimate of drug-likeness (QED) is 0.701. The lowest BCUT2D eigenvalue weighted by Crippen LogP contribution is -2.51. The molecule has 3 aromatic rings. The largest absolute Gasteiger partial charge is 0.369 e. The topological polar surface area (TPSA) is 45.4 Å². The first-order chi connectivity index (χ1) is 13.2. The maximum absolute atomic E-state index is 5.06. The second-order valence-corrected chi connectivity index (χ2v) is 8.28. The summed E-state index contributed by atoms with van der Waals surface area (Å²) in [4.78, 5) is 5.04. The third-order valence-electron chi connectivity index (χ3n) is 5.91. The van der Waals surface area contributed by atoms with Gasteiger partial charge in [0.25, 0.3) is 0 Å². The summed E-state index contributed by atoms with van der Waals surface area (Å²) in [5.74, 6) is 0.753. The van der Waals surface area contributed by atoms with Crippen LogP contribution in [0.2, 0.25) is 0 Å². The molecule has 0 aliphatic carbocycles. The smallest absolute Gasteiger partial charge is 0.158 e. The Hall–Kier alpha value is -2.40. The molecule has 0 radical (unpaired) electrons. The highest BCUT2D eigenvalue weighted by molar-refractivity contribution is 5.93. The maximum atomic E-state index is 5.06. The summed E-state index contributed by atoms with van der Waals surface area (Å²) in [5, 5.41) is 8.31. The van der Waals surface area contributed by atoms with Gasteiger partial charge in [-0.2, -0.15) is 0 Å². The van der Waals surface area contributed by atoms with E-state index >= 15 is 0 Å². The standard InChI is InChI=1S/C22H26N4O/c1-15-7-16(2)9-18(8-15)19-10-20-22(24-27-23-20)21(11-19)26-13-17(14-26)12-25-5-3-4-6-25/h7-11,17H,3-6,12-14H2,1-2H3. The van der Waals surface area contributed by atoms with Crippen LogP contribution in [0.5, 0.6) is 0 Å². The molecule has 5 rings (SSSR count). The van der Waals surface area contributed by atoms with Crippen molar-refractivity contribution in [3.8, 4) is 11.1 Å². The van der Waals surface area contributed by atoms with Gasteiger partial charge < -0.3 is 9.80 Å². The van der Waals surface area contributed by atoms with E-state index in [9.17, 15) is 0 Å². The van der Waals surface area contributed by atoms with Crippen LogP contribution in [-0.4, -0.2) is 47.9 Å². The number of rotatable bonds is 4. The molecule has 140 valence electrons. The molecule has 1 aromatic heterocycles. The molecule has 0 amide bonds. The summed E-state index contributed by atoms with van der Waals surface area (Å²) in [6.45, 7) is 10.3. The minimum absolute atomic E-state index is 0.753. The fourth-order valence-electron chi connectivity index (χ4n) is 4.63. The van der Waals surface area contributed by atoms with Crippen LogP contribution < -0.4 is 4.90 Å². The number of nitrogens with zero attached hydrogens (tertiary/aromatic N) is 4. The number of likely N-dealkylation sites (tertiary alicyclic amines) is 1. The van der Waals surface area contributed by atoms with Gasteiger partial charge in [-0.15, -0.1) is 0 Å². The first kappa shape index (κ1) is 16.8. The molecule has 0 N–H and O–H groups in total. The Morgan fingerprint density at radius 3 is 2.37 bits per heavy atom. The van der Waals surface area contributed by atoms with Gasteiger partial charge >= 0.3 is 0 Å². The van der Waals surface area contributed by atoms with Gasteiger partial charge in [-0.05, 0) is 73.4 Å². The lowest BCUT2D eigenvalue weighted by molar-refractivity contribution is 0.247. The highest BCUT2D eigenvalue weighted by Gasteiger charge is 2.31. The summed E-state index contributed by atoms with van der Waals surface area (Å²) in [5.41, 5.74) is 7.84. The van der Waals surface area contributed by atoms with Gasteiger partial charge in [0.05, 0.1) is 5.69 Å². The van der Waals surface area contributed by atoms with Gasteiger partial charge in [0, 0.05) is 25.6 Å². The lowest BCUT2D eigenvalue weighted by Gasteiger charge is -2.42. The summed E-state index contributed by atoms with van der Waals surface area (Å²) in [6, 6.07) is 11.0. The van der Waals surface area contributed by atoms with Crippen LogP contribution >= 0.6 is 0 Å². The molecule has 0 bridgehead atoms. The van der Waals surface area contributed by atoms with Crippen LogP contribution in [0.1, 0.15) is 24.0 Å². The fraction of sp³-hybridized carbons (Fsp3) is 0.455. The lowest BCUT2D eigenvalue weighted by atomic mass is 9.95. The summed E-state index contributed by atoms with van der Waals surface area (Å²) >= 11 is 0. The van der Waals surface area contributed by atoms with Crippen LogP contribution in [-0.2, 0) is 0 Å². The Kier molecular flexibility index (Phi) is 4.12. The Balaban J connectivity index is 1.43. The molecule has 2 aliphatic rings. The van der Waals surface area contributed by atoms with Crippen molar-refractivity contribution < 1.29 is 4.63 Å². The van der Waals surface area contributed by atoms with Gasteiger partial charge in [-0.25, -0.2) is 4.63 Å². The molecule has 27 heavy (non-hydrogen) atoms. The van der Waals surface area contributed by atoms with E-state index in [1.807, 2.05) is 0 Å². The zero-order valence-electron chi connectivity index (χ0n) is 16.1. The minimum Gasteiger partial charge on any atom is -0.369 e. The van der Waals surface area contributed by atoms with Gasteiger partial charge in [0.15, 0.2) is 5.52 Å². The molecule has 3 heterocycles. The van der Waals surface area contributed by atoms with Crippen molar-refractivity contribution in [2.45, 2.75) is 26.7 Å². The van der Waals surface area contributed by atoms with E-state index in [2.05, 4.69) is 64.3 Å². The van der Waals surface area contributed by atoms with Crippen molar-refractivity contribution in [3.05, 3.63) is 41.5 Å². The molecule has 2 saturated heterocycles. The van der Waals surface area contributed by atoms with E-state index in [4.69, 9.17) is 4.63 Å². The monoisotopic (exact) mass is 362 g/mol. The minimum atomic E-state index is 0.753. The van der Waals surface area contributed by atoms with Crippen molar-refractivity contribution in [2.24, 2.45) is 5.92 Å². The van der Waals surface area contributed by atoms with E-state index in [-0.39, 0.29) is 0 Å². The van der Waals surface area contributed by atoms with Crippen molar-refractivity contribution in [2.75, 3.05) is 37.6 Å². The van der Waals surface area contributed by atoms with Crippen molar-refractivity contribution in [1.29, 1.82) is 0 Å². The predicted molar refractivity (Wildman–Crippen MR) is 108 cm³/mol. The van der Waals surface area contributed by atoms with Crippen LogP contribution in [0, 0.1) is 19.8 Å². The number of anilines is 1. The second-order valence-electron chi connectivity index (χ2n) is 8.28. The average molecular weight is 362 g/mol. The number of fused-ring (bicyclic) bond motifs is 1. The van der Waals surface area contributed by atoms with E-state index in [0.717, 1.165) is 35.7 Å². The van der Waals surface area contributed by atoms with Crippen LogP contribution in [0.25, 0.3) is 22.2 Å². The number of hydrogen-bond donors (Lipinski definition) is 0. The van der Waals surface area contributed by atoms with Crippen LogP contribution in [0.4, 0.5) is 5.69 Å². The van der Waals surface area contributed by atoms with Crippen molar-refractivity contribution in [3.63, 3.8) is 0 Å². The van der Waals surface area contributed by atoms with Crippen molar-refractivity contribution >= 4 is 16.7 Å². The zero-order valence-corrected chi connectivity index (χ0v) is 16.1. The van der Waals surface area contributed by atoms with E-state index in [1.165, 1.54) is 54.7 Å². The Labute approximate surface area is 159 Å². The highest BCUT2D eigenvalue weighted by atomic mass is 16.6. The predicted octanol–water partition coefficient (Wildman–Crippen LogP) is 4.04. The molecule has 0 saturated carbocycles. The molecule has 2 fully saturated rings. The Bertz CT molecular complexity index is 947. The molecule has 5 heteroatoms. The Morgan fingerprint density at radius 2 is 1.63 bits per heavy atom. The normalized spacial score (nSPS) is 18.4. The molecule has 0 unspecified atom stereocenters. The van der Waals surface area contributed by atoms with Crippen LogP contribution in [0.3, 0.4) is 0 Å². The second kappa shape index (κ2) is 6.64. The van der Waals surface area contributed by atoms with E-state index < -0.39 is 0 Å². The van der Waals surface area contributed by atoms with Gasteiger partial charge in [-0.3, -0.25) is 0 Å². The highest BCUT2D eigenvalue weighted by Crippen LogP contribution is 2.35. The number of benzene rings is 2. The number of hydrogen-bond acceptors (Lipinski definition) is 5. The van der Waals surface area contributed by atoms with Gasteiger partial charge in [-0.1, -0.05) is 29.3 Å². The summed E-state index contributed by atoms with van der Waals surface area (Å²) in [6.07, 6.45) is 2.72. The maximum Gasteiger partial charge on any atom is 0.158 e. The first-order valence-electron chi connectivity index (χ1n) is 9.98. The average Bonchev–Trinajstić information content (AvgIpc) is 3.27. The molecule has 5 nitrogen and oxygen atoms in total. The number of aromatic nitrogens is 2. The molecule has 2 aliphatic heterocycles. The SMILES string of the molecule is Cc1cc(C)cc(-c2cc(N3CC(CN4CCCC4)C3)c3nonc3c2)c1. The van der Waals surface area contributed by atoms with Gasteiger partial charge in [0.1, 0.15) is 5.52 Å². The summed E-state index contributed by atoms with van der Waals surface area (Å²) in [7, 11) is 0. The zero-order chi connectivity index (χ0) is 18.4. The molecular formula is C22H26N4O.